The molecule has 8 heavy (non-hydrogen) atoms. The van der Waals surface area contributed by atoms with E-state index < -0.39 is 6.16 Å². The van der Waals surface area contributed by atoms with E-state index in [0.29, 0.717) is 0 Å². The van der Waals surface area contributed by atoms with Crippen LogP contribution < -0.4 is 0 Å². The molecule has 0 aromatic rings. The highest BCUT2D eigenvalue weighted by Gasteiger charge is 1.91. The molecule has 0 aromatic heterocycles. The lowest BCUT2D eigenvalue weighted by atomic mass is 10.9. The first-order chi connectivity index (χ1) is 3.77. The average Bonchev–Trinajstić information content (AvgIpc) is 1.72. The predicted molar refractivity (Wildman–Crippen MR) is 29.1 cm³/mol. The summed E-state index contributed by atoms with van der Waals surface area (Å²) >= 11 is 0. The molecule has 3 nitrogen and oxygen atoms in total. The van der Waals surface area contributed by atoms with E-state index in [1.54, 1.807) is 6.92 Å². The van der Waals surface area contributed by atoms with Crippen molar-refractivity contribution in [3.8, 4) is 0 Å². The second kappa shape index (κ2) is 9.55. The lowest BCUT2D eigenvalue weighted by Crippen LogP contribution is -1.95. The molecule has 0 saturated heterocycles. The van der Waals surface area contributed by atoms with Crippen molar-refractivity contribution in [1.82, 2.24) is 0 Å². The molecule has 0 atom stereocenters. The fourth-order valence-electron chi connectivity index (χ4n) is 0.118. The number of carbonyl (C=O) groups excluding carboxylic acids is 1. The molecule has 49 valence electrons. The van der Waals surface area contributed by atoms with Crippen LogP contribution in [-0.4, -0.2) is 12.8 Å². The van der Waals surface area contributed by atoms with Gasteiger partial charge in [-0.15, -0.1) is 0 Å². The quantitative estimate of drug-likeness (QED) is 0.492. The van der Waals surface area contributed by atoms with E-state index >= 15 is 0 Å². The first-order valence-electron chi connectivity index (χ1n) is 2.61. The van der Waals surface area contributed by atoms with Gasteiger partial charge in [0.2, 0.25) is 0 Å². The molecule has 0 aliphatic heterocycles. The Balaban J connectivity index is 0. The second-order valence-corrected chi connectivity index (χ2v) is 0.683. The molecular formula is C5H11O3. The molecule has 0 N–H and O–H groups in total. The lowest BCUT2D eigenvalue weighted by Gasteiger charge is -1.84. The summed E-state index contributed by atoms with van der Waals surface area (Å²) in [5.74, 6) is 0. The van der Waals surface area contributed by atoms with Crippen molar-refractivity contribution in [2.24, 2.45) is 0 Å². The molecule has 0 amide bonds. The van der Waals surface area contributed by atoms with Gasteiger partial charge in [-0.25, -0.2) is 0 Å². The Hall–Kier alpha value is -0.730. The van der Waals surface area contributed by atoms with Crippen LogP contribution in [0.4, 0.5) is 4.79 Å². The largest absolute Gasteiger partial charge is 0.549 e. The summed E-state index contributed by atoms with van der Waals surface area (Å²) in [5, 5.41) is 9.27. The minimum atomic E-state index is -1.46. The first-order valence-corrected chi connectivity index (χ1v) is 2.61. The summed E-state index contributed by atoms with van der Waals surface area (Å²) in [5.41, 5.74) is 0. The van der Waals surface area contributed by atoms with Crippen molar-refractivity contribution < 1.29 is 14.6 Å². The maximum absolute atomic E-state index is 9.27. The predicted octanol–water partition coefficient (Wildman–Crippen LogP) is 1.60. The molecule has 3 heteroatoms. The average molecular weight is 119 g/mol. The standard InChI is InChI=1S/C3H5O3.C2H6/c1-2-6-3(4)5;1-2/h2H2,1H3;1-2H3. The minimum absolute atomic E-state index is 0.169. The topological polar surface area (TPSA) is 46.2 Å². The third-order valence-electron chi connectivity index (χ3n) is 0.262. The van der Waals surface area contributed by atoms with Gasteiger partial charge in [0.05, 0.1) is 6.61 Å². The number of rotatable bonds is 1. The molecule has 0 unspecified atom stereocenters. The zero-order valence-corrected chi connectivity index (χ0v) is 5.43. The van der Waals surface area contributed by atoms with Gasteiger partial charge < -0.3 is 4.74 Å². The fraction of sp³-hybridized carbons (Fsp3) is 0.800. The summed E-state index contributed by atoms with van der Waals surface area (Å²) < 4.78 is 3.85. The number of ether oxygens (including phenoxy) is 1. The third kappa shape index (κ3) is 18.6. The van der Waals surface area contributed by atoms with Crippen LogP contribution in [0.2, 0.25) is 0 Å². The van der Waals surface area contributed by atoms with E-state index in [4.69, 9.17) is 0 Å². The summed E-state index contributed by atoms with van der Waals surface area (Å²) in [6.07, 6.45) is -1.46. The van der Waals surface area contributed by atoms with E-state index in [9.17, 15) is 9.90 Å². The highest BCUT2D eigenvalue weighted by Crippen LogP contribution is 1.70. The Labute approximate surface area is 49.3 Å². The van der Waals surface area contributed by atoms with Gasteiger partial charge in [0, 0.05) is 0 Å². The smallest absolute Gasteiger partial charge is 0.432 e. The molecular weight excluding hydrogens is 108 g/mol. The maximum atomic E-state index is 9.27. The van der Waals surface area contributed by atoms with Crippen LogP contribution in [0, 0.1) is 0 Å². The van der Waals surface area contributed by atoms with Crippen LogP contribution in [-0.2, 0) is 9.84 Å². The molecule has 0 saturated carbocycles. The van der Waals surface area contributed by atoms with Gasteiger partial charge in [0.1, 0.15) is 0 Å². The minimum Gasteiger partial charge on any atom is -0.432 e. The van der Waals surface area contributed by atoms with Crippen molar-refractivity contribution in [3.63, 3.8) is 0 Å². The van der Waals surface area contributed by atoms with Crippen LogP contribution in [0.5, 0.6) is 0 Å². The number of hydrogen-bond donors (Lipinski definition) is 0. The van der Waals surface area contributed by atoms with Crippen molar-refractivity contribution in [2.75, 3.05) is 6.61 Å². The molecule has 0 fully saturated rings. The molecule has 0 rings (SSSR count). The Morgan fingerprint density at radius 2 is 1.88 bits per heavy atom. The summed E-state index contributed by atoms with van der Waals surface area (Å²) in [4.78, 5) is 9.27. The van der Waals surface area contributed by atoms with Crippen LogP contribution in [0.1, 0.15) is 20.8 Å². The molecule has 1 radical (unpaired) electrons. The Bertz CT molecular complexity index is 51.6. The Morgan fingerprint density at radius 3 is 1.88 bits per heavy atom. The van der Waals surface area contributed by atoms with E-state index in [2.05, 4.69) is 4.74 Å². The van der Waals surface area contributed by atoms with Crippen LogP contribution in [0.15, 0.2) is 0 Å². The zero-order chi connectivity index (χ0) is 6.99. The molecule has 0 bridgehead atoms. The van der Waals surface area contributed by atoms with Gasteiger partial charge in [0.25, 0.3) is 0 Å². The highest BCUT2D eigenvalue weighted by molar-refractivity contribution is 5.56. The van der Waals surface area contributed by atoms with Gasteiger partial charge in [-0.3, -0.25) is 0 Å². The molecule has 0 heterocycles. The van der Waals surface area contributed by atoms with Gasteiger partial charge in [-0.2, -0.15) is 9.90 Å². The summed E-state index contributed by atoms with van der Waals surface area (Å²) in [6, 6.07) is 0. The van der Waals surface area contributed by atoms with Gasteiger partial charge in [0.15, 0.2) is 0 Å². The summed E-state index contributed by atoms with van der Waals surface area (Å²) in [6.45, 7) is 5.75. The lowest BCUT2D eigenvalue weighted by molar-refractivity contribution is 0.0722. The molecule has 0 aliphatic rings. The van der Waals surface area contributed by atoms with Crippen molar-refractivity contribution in [1.29, 1.82) is 0 Å². The second-order valence-electron chi connectivity index (χ2n) is 0.683. The SMILES string of the molecule is CC.CCOC([O])=O. The Morgan fingerprint density at radius 1 is 1.50 bits per heavy atom. The zero-order valence-electron chi connectivity index (χ0n) is 5.43. The monoisotopic (exact) mass is 119 g/mol. The van der Waals surface area contributed by atoms with Crippen LogP contribution >= 0.6 is 0 Å². The van der Waals surface area contributed by atoms with Gasteiger partial charge in [-0.1, -0.05) is 13.8 Å². The van der Waals surface area contributed by atoms with Crippen molar-refractivity contribution >= 4 is 6.16 Å². The molecule has 0 aromatic carbocycles. The highest BCUT2D eigenvalue weighted by atomic mass is 16.7. The third-order valence-corrected chi connectivity index (χ3v) is 0.262. The first kappa shape index (κ1) is 10.3. The Kier molecular flexibility index (Phi) is 12.3. The van der Waals surface area contributed by atoms with Crippen molar-refractivity contribution in [2.45, 2.75) is 20.8 Å². The normalized spacial score (nSPS) is 6.38. The number of carbonyl (C=O) groups is 1. The van der Waals surface area contributed by atoms with Gasteiger partial charge in [-0.05, 0) is 6.92 Å². The van der Waals surface area contributed by atoms with E-state index in [0.717, 1.165) is 0 Å². The van der Waals surface area contributed by atoms with Gasteiger partial charge >= 0.3 is 6.16 Å². The van der Waals surface area contributed by atoms with E-state index in [-0.39, 0.29) is 6.61 Å². The molecule has 0 aliphatic carbocycles. The van der Waals surface area contributed by atoms with Crippen LogP contribution in [0.3, 0.4) is 0 Å². The molecule has 0 spiro atoms. The summed E-state index contributed by atoms with van der Waals surface area (Å²) in [7, 11) is 0. The number of hydrogen-bond acceptors (Lipinski definition) is 2. The van der Waals surface area contributed by atoms with E-state index in [1.807, 2.05) is 13.8 Å². The maximum Gasteiger partial charge on any atom is 0.549 e. The van der Waals surface area contributed by atoms with E-state index in [1.165, 1.54) is 0 Å². The van der Waals surface area contributed by atoms with Crippen LogP contribution in [0.25, 0.3) is 0 Å². The van der Waals surface area contributed by atoms with Crippen molar-refractivity contribution in [3.05, 3.63) is 0 Å². The fourth-order valence-corrected chi connectivity index (χ4v) is 0.118.